The summed E-state index contributed by atoms with van der Waals surface area (Å²) >= 11 is 0. The van der Waals surface area contributed by atoms with Gasteiger partial charge in [0.25, 0.3) is 0 Å². The zero-order valence-electron chi connectivity index (χ0n) is 9.10. The van der Waals surface area contributed by atoms with Crippen molar-refractivity contribution in [3.8, 4) is 0 Å². The van der Waals surface area contributed by atoms with E-state index in [1.54, 1.807) is 6.20 Å². The third-order valence-corrected chi connectivity index (χ3v) is 2.06. The molecule has 0 unspecified atom stereocenters. The van der Waals surface area contributed by atoms with Gasteiger partial charge in [-0.25, -0.2) is 9.78 Å². The van der Waals surface area contributed by atoms with E-state index in [0.717, 1.165) is 24.2 Å². The van der Waals surface area contributed by atoms with E-state index in [-0.39, 0.29) is 0 Å². The number of aliphatic carboxylic acids is 1. The minimum absolute atomic E-state index is 0.599. The van der Waals surface area contributed by atoms with E-state index in [2.05, 4.69) is 11.9 Å². The molecule has 1 aromatic rings. The number of carbonyl (C=O) groups is 1. The highest BCUT2D eigenvalue weighted by Crippen LogP contribution is 2.05. The van der Waals surface area contributed by atoms with E-state index in [9.17, 15) is 4.79 Å². The van der Waals surface area contributed by atoms with Gasteiger partial charge in [-0.3, -0.25) is 0 Å². The topological polar surface area (TPSA) is 55.1 Å². The van der Waals surface area contributed by atoms with Crippen LogP contribution in [0.25, 0.3) is 0 Å². The smallest absolute Gasteiger partial charge is 0.328 e. The molecule has 1 N–H and O–H groups in total. The molecule has 15 heavy (non-hydrogen) atoms. The Kier molecular flexibility index (Phi) is 4.09. The van der Waals surface area contributed by atoms with E-state index in [4.69, 9.17) is 5.11 Å². The molecule has 4 nitrogen and oxygen atoms in total. The Balaban J connectivity index is 2.71. The van der Waals surface area contributed by atoms with E-state index in [1.807, 2.05) is 17.7 Å². The van der Waals surface area contributed by atoms with Gasteiger partial charge in [0.15, 0.2) is 0 Å². The highest BCUT2D eigenvalue weighted by atomic mass is 16.4. The lowest BCUT2D eigenvalue weighted by Gasteiger charge is -2.06. The van der Waals surface area contributed by atoms with E-state index < -0.39 is 5.97 Å². The second-order valence-corrected chi connectivity index (χ2v) is 3.55. The molecule has 1 heterocycles. The average molecular weight is 208 g/mol. The highest BCUT2D eigenvalue weighted by Gasteiger charge is 2.02. The molecule has 1 rings (SSSR count). The minimum atomic E-state index is -0.898. The van der Waals surface area contributed by atoms with Crippen LogP contribution in [0.15, 0.2) is 24.0 Å². The van der Waals surface area contributed by atoms with Crippen molar-refractivity contribution in [1.29, 1.82) is 0 Å². The lowest BCUT2D eigenvalue weighted by atomic mass is 10.2. The van der Waals surface area contributed by atoms with Crippen LogP contribution in [0.5, 0.6) is 0 Å². The molecule has 0 spiro atoms. The van der Waals surface area contributed by atoms with Gasteiger partial charge in [-0.15, -0.1) is 0 Å². The Hall–Kier alpha value is -1.58. The second-order valence-electron chi connectivity index (χ2n) is 3.55. The van der Waals surface area contributed by atoms with Gasteiger partial charge >= 0.3 is 5.97 Å². The van der Waals surface area contributed by atoms with E-state index >= 15 is 0 Å². The molecule has 0 saturated heterocycles. The average Bonchev–Trinajstić information content (AvgIpc) is 2.52. The molecule has 0 aliphatic rings. The quantitative estimate of drug-likeness (QED) is 0.751. The maximum absolute atomic E-state index is 10.4. The maximum Gasteiger partial charge on any atom is 0.328 e. The van der Waals surface area contributed by atoms with Crippen molar-refractivity contribution in [3.63, 3.8) is 0 Å². The monoisotopic (exact) mass is 208 g/mol. The SMILES string of the molecule is CCCc1nccn1CC(C)=CC(=O)O. The number of rotatable bonds is 5. The molecule has 0 saturated carbocycles. The van der Waals surface area contributed by atoms with Crippen molar-refractivity contribution >= 4 is 5.97 Å². The van der Waals surface area contributed by atoms with Gasteiger partial charge in [-0.2, -0.15) is 0 Å². The second kappa shape index (κ2) is 5.34. The van der Waals surface area contributed by atoms with Crippen molar-refractivity contribution in [2.24, 2.45) is 0 Å². The van der Waals surface area contributed by atoms with Gasteiger partial charge < -0.3 is 9.67 Å². The summed E-state index contributed by atoms with van der Waals surface area (Å²) in [6.45, 7) is 4.50. The Morgan fingerprint density at radius 3 is 3.00 bits per heavy atom. The molecule has 4 heteroatoms. The van der Waals surface area contributed by atoms with Crippen LogP contribution in [0.2, 0.25) is 0 Å². The standard InChI is InChI=1S/C11H16N2O2/c1-3-4-10-12-5-6-13(10)8-9(2)7-11(14)15/h5-7H,3-4,8H2,1-2H3,(H,14,15). The van der Waals surface area contributed by atoms with Crippen LogP contribution in [0.4, 0.5) is 0 Å². The largest absolute Gasteiger partial charge is 0.478 e. The molecule has 0 radical (unpaired) electrons. The first-order valence-corrected chi connectivity index (χ1v) is 5.03. The first-order chi connectivity index (χ1) is 7.13. The van der Waals surface area contributed by atoms with Crippen LogP contribution in [0.1, 0.15) is 26.1 Å². The number of allylic oxidation sites excluding steroid dienone is 1. The fourth-order valence-electron chi connectivity index (χ4n) is 1.46. The van der Waals surface area contributed by atoms with Crippen LogP contribution in [0, 0.1) is 0 Å². The summed E-state index contributed by atoms with van der Waals surface area (Å²) in [5.41, 5.74) is 0.817. The molecule has 1 aromatic heterocycles. The van der Waals surface area contributed by atoms with Crippen LogP contribution >= 0.6 is 0 Å². The Labute approximate surface area is 89.3 Å². The number of nitrogens with zero attached hydrogens (tertiary/aromatic N) is 2. The van der Waals surface area contributed by atoms with Gasteiger partial charge in [0, 0.05) is 31.4 Å². The summed E-state index contributed by atoms with van der Waals surface area (Å²) in [5.74, 6) is 0.111. The van der Waals surface area contributed by atoms with Gasteiger partial charge in [0.2, 0.25) is 0 Å². The fourth-order valence-corrected chi connectivity index (χ4v) is 1.46. The predicted molar refractivity (Wildman–Crippen MR) is 57.6 cm³/mol. The summed E-state index contributed by atoms with van der Waals surface area (Å²) in [6.07, 6.45) is 6.82. The van der Waals surface area contributed by atoms with Crippen LogP contribution in [-0.4, -0.2) is 20.6 Å². The minimum Gasteiger partial charge on any atom is -0.478 e. The molecule has 0 aliphatic carbocycles. The van der Waals surface area contributed by atoms with Crippen molar-refractivity contribution in [1.82, 2.24) is 9.55 Å². The van der Waals surface area contributed by atoms with E-state index in [0.29, 0.717) is 6.54 Å². The number of carboxylic acids is 1. The summed E-state index contributed by atoms with van der Waals surface area (Å²) in [4.78, 5) is 14.7. The van der Waals surface area contributed by atoms with Crippen molar-refractivity contribution in [2.75, 3.05) is 0 Å². The summed E-state index contributed by atoms with van der Waals surface area (Å²) in [6, 6.07) is 0. The molecule has 0 fully saturated rings. The third kappa shape index (κ3) is 3.58. The predicted octanol–water partition coefficient (Wildman–Crippen LogP) is 1.87. The van der Waals surface area contributed by atoms with Crippen molar-refractivity contribution in [2.45, 2.75) is 33.2 Å². The van der Waals surface area contributed by atoms with Crippen LogP contribution in [-0.2, 0) is 17.8 Å². The number of hydrogen-bond donors (Lipinski definition) is 1. The van der Waals surface area contributed by atoms with Crippen LogP contribution < -0.4 is 0 Å². The van der Waals surface area contributed by atoms with Crippen molar-refractivity contribution in [3.05, 3.63) is 29.9 Å². The molecule has 0 amide bonds. The zero-order valence-corrected chi connectivity index (χ0v) is 9.10. The van der Waals surface area contributed by atoms with E-state index in [1.165, 1.54) is 6.08 Å². The first kappa shape index (κ1) is 11.5. The lowest BCUT2D eigenvalue weighted by Crippen LogP contribution is -2.05. The number of aromatic nitrogens is 2. The Bertz CT molecular complexity index is 366. The molecular weight excluding hydrogens is 192 g/mol. The molecular formula is C11H16N2O2. The maximum atomic E-state index is 10.4. The Morgan fingerprint density at radius 1 is 1.67 bits per heavy atom. The summed E-state index contributed by atoms with van der Waals surface area (Å²) < 4.78 is 1.98. The molecule has 0 atom stereocenters. The lowest BCUT2D eigenvalue weighted by molar-refractivity contribution is -0.131. The first-order valence-electron chi connectivity index (χ1n) is 5.03. The summed E-state index contributed by atoms with van der Waals surface area (Å²) in [5, 5.41) is 8.58. The summed E-state index contributed by atoms with van der Waals surface area (Å²) in [7, 11) is 0. The normalized spacial score (nSPS) is 11.7. The molecule has 0 aliphatic heterocycles. The molecule has 0 bridgehead atoms. The molecule has 0 aromatic carbocycles. The zero-order chi connectivity index (χ0) is 11.3. The Morgan fingerprint density at radius 2 is 2.40 bits per heavy atom. The third-order valence-electron chi connectivity index (χ3n) is 2.06. The number of carboxylic acid groups (broad SMARTS) is 1. The van der Waals surface area contributed by atoms with Crippen molar-refractivity contribution < 1.29 is 9.90 Å². The number of hydrogen-bond acceptors (Lipinski definition) is 2. The number of imidazole rings is 1. The highest BCUT2D eigenvalue weighted by molar-refractivity contribution is 5.80. The van der Waals surface area contributed by atoms with Gasteiger partial charge in [-0.1, -0.05) is 6.92 Å². The van der Waals surface area contributed by atoms with Gasteiger partial charge in [-0.05, 0) is 18.9 Å². The van der Waals surface area contributed by atoms with Gasteiger partial charge in [0.1, 0.15) is 5.82 Å². The molecule has 82 valence electrons. The van der Waals surface area contributed by atoms with Crippen LogP contribution in [0.3, 0.4) is 0 Å². The number of aryl methyl sites for hydroxylation is 1. The fraction of sp³-hybridized carbons (Fsp3) is 0.455. The van der Waals surface area contributed by atoms with Gasteiger partial charge in [0.05, 0.1) is 0 Å².